The number of thioether (sulfide) groups is 2. The molecular weight excluding hydrogens is 279 g/mol. The van der Waals surface area contributed by atoms with Crippen LogP contribution in [0.1, 0.15) is 31.0 Å². The molecule has 19 heavy (non-hydrogen) atoms. The van der Waals surface area contributed by atoms with Gasteiger partial charge in [0.1, 0.15) is 5.82 Å². The van der Waals surface area contributed by atoms with Crippen LogP contribution in [0.3, 0.4) is 0 Å². The first-order chi connectivity index (χ1) is 9.02. The fourth-order valence-electron chi connectivity index (χ4n) is 2.26. The van der Waals surface area contributed by atoms with E-state index in [0.717, 1.165) is 11.3 Å². The van der Waals surface area contributed by atoms with Crippen LogP contribution in [0, 0.1) is 12.7 Å². The molecule has 0 spiro atoms. The summed E-state index contributed by atoms with van der Waals surface area (Å²) >= 11 is 3.96. The lowest BCUT2D eigenvalue weighted by Gasteiger charge is -2.35. The van der Waals surface area contributed by atoms with Crippen LogP contribution in [0.2, 0.25) is 0 Å². The zero-order valence-corrected chi connectivity index (χ0v) is 13.2. The minimum Gasteiger partial charge on any atom is -0.271 e. The lowest BCUT2D eigenvalue weighted by Crippen LogP contribution is -2.40. The van der Waals surface area contributed by atoms with Gasteiger partial charge in [0.2, 0.25) is 0 Å². The third-order valence-corrected chi connectivity index (χ3v) is 7.16. The highest BCUT2D eigenvalue weighted by molar-refractivity contribution is 8.07. The summed E-state index contributed by atoms with van der Waals surface area (Å²) in [6.07, 6.45) is 0. The zero-order chi connectivity index (χ0) is 14.0. The van der Waals surface area contributed by atoms with Gasteiger partial charge in [-0.1, -0.05) is 26.0 Å². The second-order valence-electron chi connectivity index (χ2n) is 5.07. The van der Waals surface area contributed by atoms with Gasteiger partial charge in [-0.05, 0) is 24.1 Å². The van der Waals surface area contributed by atoms with Gasteiger partial charge in [-0.25, -0.2) is 4.39 Å². The van der Waals surface area contributed by atoms with Crippen molar-refractivity contribution >= 4 is 23.5 Å². The predicted molar refractivity (Wildman–Crippen MR) is 84.0 cm³/mol. The van der Waals surface area contributed by atoms with Crippen LogP contribution in [-0.2, 0) is 0 Å². The maximum Gasteiger partial charge on any atom is 0.126 e. The van der Waals surface area contributed by atoms with E-state index in [4.69, 9.17) is 5.84 Å². The Balaban J connectivity index is 2.17. The highest BCUT2D eigenvalue weighted by atomic mass is 32.2. The molecule has 0 aliphatic carbocycles. The maximum atomic E-state index is 13.4. The van der Waals surface area contributed by atoms with Crippen molar-refractivity contribution in [1.82, 2.24) is 5.43 Å². The molecule has 0 radical (unpaired) electrons. The summed E-state index contributed by atoms with van der Waals surface area (Å²) in [5.74, 6) is 6.65. The summed E-state index contributed by atoms with van der Waals surface area (Å²) in [5, 5.41) is 1.71. The fourth-order valence-corrected chi connectivity index (χ4v) is 5.36. The van der Waals surface area contributed by atoms with Gasteiger partial charge in [0, 0.05) is 21.5 Å². The Kier molecular flexibility index (Phi) is 5.17. The lowest BCUT2D eigenvalue weighted by molar-refractivity contribution is 0.546. The molecule has 2 nitrogen and oxygen atoms in total. The maximum absolute atomic E-state index is 13.4. The number of aryl methyl sites for hydroxylation is 1. The third-order valence-electron chi connectivity index (χ3n) is 3.67. The van der Waals surface area contributed by atoms with Crippen molar-refractivity contribution < 1.29 is 4.39 Å². The molecular formula is C14H21FN2S2. The van der Waals surface area contributed by atoms with Crippen LogP contribution >= 0.6 is 23.5 Å². The first-order valence-electron chi connectivity index (χ1n) is 6.52. The SMILES string of the molecule is Cc1cc(C(NN)C2CSC(C)C(C)S2)ccc1F. The predicted octanol–water partition coefficient (Wildman–Crippen LogP) is 3.26. The molecule has 2 rings (SSSR count). The van der Waals surface area contributed by atoms with Crippen LogP contribution in [0.5, 0.6) is 0 Å². The molecule has 0 bridgehead atoms. The van der Waals surface area contributed by atoms with Crippen LogP contribution in [0.4, 0.5) is 4.39 Å². The van der Waals surface area contributed by atoms with E-state index in [-0.39, 0.29) is 11.9 Å². The van der Waals surface area contributed by atoms with Gasteiger partial charge in [0.15, 0.2) is 0 Å². The molecule has 1 aromatic carbocycles. The minimum atomic E-state index is -0.160. The standard InChI is InChI=1S/C14H21FN2S2/c1-8-6-11(4-5-12(8)15)14(17-16)13-7-18-9(2)10(3)19-13/h4-6,9-10,13-14,17H,7,16H2,1-3H3. The van der Waals surface area contributed by atoms with Crippen molar-refractivity contribution in [3.8, 4) is 0 Å². The summed E-state index contributed by atoms with van der Waals surface area (Å²) in [6, 6.07) is 5.34. The van der Waals surface area contributed by atoms with E-state index in [1.54, 1.807) is 6.92 Å². The molecule has 1 aliphatic heterocycles. The van der Waals surface area contributed by atoms with E-state index in [1.165, 1.54) is 6.07 Å². The monoisotopic (exact) mass is 300 g/mol. The number of nitrogens with two attached hydrogens (primary N) is 1. The van der Waals surface area contributed by atoms with E-state index in [2.05, 4.69) is 19.3 Å². The highest BCUT2D eigenvalue weighted by Crippen LogP contribution is 2.40. The number of hydrogen-bond donors (Lipinski definition) is 2. The number of rotatable bonds is 3. The van der Waals surface area contributed by atoms with Crippen molar-refractivity contribution in [3.63, 3.8) is 0 Å². The molecule has 5 heteroatoms. The third kappa shape index (κ3) is 3.45. The summed E-state index contributed by atoms with van der Waals surface area (Å²) in [7, 11) is 0. The Morgan fingerprint density at radius 2 is 2.11 bits per heavy atom. The summed E-state index contributed by atoms with van der Waals surface area (Å²) in [4.78, 5) is 0. The van der Waals surface area contributed by atoms with Gasteiger partial charge in [0.25, 0.3) is 0 Å². The fraction of sp³-hybridized carbons (Fsp3) is 0.571. The number of hydrogen-bond acceptors (Lipinski definition) is 4. The molecule has 0 saturated carbocycles. The quantitative estimate of drug-likeness (QED) is 0.664. The Morgan fingerprint density at radius 3 is 2.68 bits per heavy atom. The second-order valence-corrected chi connectivity index (χ2v) is 8.10. The van der Waals surface area contributed by atoms with Crippen molar-refractivity contribution in [2.45, 2.75) is 42.6 Å². The van der Waals surface area contributed by atoms with Gasteiger partial charge in [0.05, 0.1) is 6.04 Å². The minimum absolute atomic E-state index is 0.0757. The number of benzene rings is 1. The van der Waals surface area contributed by atoms with Crippen LogP contribution < -0.4 is 11.3 Å². The second kappa shape index (κ2) is 6.48. The number of nitrogens with one attached hydrogen (secondary N) is 1. The molecule has 3 N–H and O–H groups in total. The zero-order valence-electron chi connectivity index (χ0n) is 11.5. The van der Waals surface area contributed by atoms with E-state index in [1.807, 2.05) is 35.7 Å². The average molecular weight is 300 g/mol. The Hall–Kier alpha value is -0.230. The first-order valence-corrected chi connectivity index (χ1v) is 8.51. The van der Waals surface area contributed by atoms with Gasteiger partial charge >= 0.3 is 0 Å². The molecule has 4 atom stereocenters. The Bertz CT molecular complexity index is 441. The first kappa shape index (κ1) is 15.2. The van der Waals surface area contributed by atoms with Crippen molar-refractivity contribution in [2.24, 2.45) is 5.84 Å². The largest absolute Gasteiger partial charge is 0.271 e. The molecule has 0 aromatic heterocycles. The van der Waals surface area contributed by atoms with Crippen molar-refractivity contribution in [1.29, 1.82) is 0 Å². The molecule has 1 fully saturated rings. The molecule has 1 aromatic rings. The molecule has 106 valence electrons. The van der Waals surface area contributed by atoms with E-state index in [0.29, 0.717) is 21.3 Å². The van der Waals surface area contributed by atoms with Crippen molar-refractivity contribution in [3.05, 3.63) is 35.1 Å². The smallest absolute Gasteiger partial charge is 0.126 e. The number of hydrazine groups is 1. The number of halogens is 1. The van der Waals surface area contributed by atoms with Crippen LogP contribution in [0.25, 0.3) is 0 Å². The van der Waals surface area contributed by atoms with Crippen LogP contribution in [-0.4, -0.2) is 21.5 Å². The molecule has 4 unspecified atom stereocenters. The van der Waals surface area contributed by atoms with E-state index < -0.39 is 0 Å². The topological polar surface area (TPSA) is 38.0 Å². The summed E-state index contributed by atoms with van der Waals surface area (Å²) in [6.45, 7) is 6.32. The highest BCUT2D eigenvalue weighted by Gasteiger charge is 2.31. The van der Waals surface area contributed by atoms with Gasteiger partial charge < -0.3 is 0 Å². The van der Waals surface area contributed by atoms with E-state index in [9.17, 15) is 4.39 Å². The van der Waals surface area contributed by atoms with Crippen LogP contribution in [0.15, 0.2) is 18.2 Å². The Labute approximate surface area is 123 Å². The molecule has 1 saturated heterocycles. The van der Waals surface area contributed by atoms with Gasteiger partial charge in [-0.15, -0.1) is 0 Å². The van der Waals surface area contributed by atoms with Crippen molar-refractivity contribution in [2.75, 3.05) is 5.75 Å². The molecule has 1 aliphatic rings. The van der Waals surface area contributed by atoms with Gasteiger partial charge in [-0.3, -0.25) is 11.3 Å². The molecule has 0 amide bonds. The summed E-state index contributed by atoms with van der Waals surface area (Å²) < 4.78 is 13.4. The van der Waals surface area contributed by atoms with Gasteiger partial charge in [-0.2, -0.15) is 23.5 Å². The lowest BCUT2D eigenvalue weighted by atomic mass is 10.0. The molecule has 1 heterocycles. The Morgan fingerprint density at radius 1 is 1.37 bits per heavy atom. The summed E-state index contributed by atoms with van der Waals surface area (Å²) in [5.41, 5.74) is 4.66. The normalized spacial score (nSPS) is 29.2. The van der Waals surface area contributed by atoms with E-state index >= 15 is 0 Å². The average Bonchev–Trinajstić information content (AvgIpc) is 2.39.